The Morgan fingerprint density at radius 2 is 0.935 bits per heavy atom. The molecule has 6 nitrogen and oxygen atoms in total. The predicted molar refractivity (Wildman–Crippen MR) is 137 cm³/mol. The molecule has 0 aromatic rings. The number of hydrogen-bond donors (Lipinski definition) is 0. The molecule has 0 rings (SSSR count). The van der Waals surface area contributed by atoms with Crippen LogP contribution in [0.5, 0.6) is 0 Å². The highest BCUT2D eigenvalue weighted by molar-refractivity contribution is 7.38. The van der Waals surface area contributed by atoms with E-state index in [1.54, 1.807) is 7.11 Å². The van der Waals surface area contributed by atoms with Crippen LogP contribution in [0.1, 0.15) is 55.4 Å². The summed E-state index contributed by atoms with van der Waals surface area (Å²) in [4.78, 5) is 2.52. The van der Waals surface area contributed by atoms with Crippen LogP contribution in [-0.2, 0) is 23.7 Å². The lowest BCUT2D eigenvalue weighted by molar-refractivity contribution is -0.167. The van der Waals surface area contributed by atoms with Crippen molar-refractivity contribution in [3.05, 3.63) is 0 Å². The van der Waals surface area contributed by atoms with Crippen molar-refractivity contribution in [1.82, 2.24) is 4.90 Å². The van der Waals surface area contributed by atoms with Gasteiger partial charge in [-0.15, -0.1) is 17.2 Å². The summed E-state index contributed by atoms with van der Waals surface area (Å²) in [5, 5.41) is 0. The second-order valence-electron chi connectivity index (χ2n) is 8.84. The molecule has 0 aliphatic heterocycles. The molecule has 2 unspecified atom stereocenters. The first-order valence-electron chi connectivity index (χ1n) is 11.9. The van der Waals surface area contributed by atoms with E-state index in [1.807, 2.05) is 0 Å². The summed E-state index contributed by atoms with van der Waals surface area (Å²) in [6.45, 7) is 20.5. The minimum absolute atomic E-state index is 0.0916. The molecule has 0 spiro atoms. The lowest BCUT2D eigenvalue weighted by Crippen LogP contribution is -2.32. The van der Waals surface area contributed by atoms with Crippen molar-refractivity contribution < 1.29 is 23.7 Å². The zero-order valence-electron chi connectivity index (χ0n) is 21.6. The summed E-state index contributed by atoms with van der Waals surface area (Å²) < 4.78 is 29.0. The third kappa shape index (κ3) is 20.9. The van der Waals surface area contributed by atoms with E-state index in [0.717, 1.165) is 55.7 Å². The highest BCUT2D eigenvalue weighted by Crippen LogP contribution is 2.19. The quantitative estimate of drug-likeness (QED) is 0.135. The van der Waals surface area contributed by atoms with Gasteiger partial charge in [0.15, 0.2) is 12.6 Å². The maximum Gasteiger partial charge on any atom is 0.161 e. The SMILES string of the molecule is COCCN(CCPCC(OC(C)C)OC(C)C)CCPCC(OC(C)C)OC(C)C. The van der Waals surface area contributed by atoms with Crippen molar-refractivity contribution in [1.29, 1.82) is 0 Å². The van der Waals surface area contributed by atoms with Gasteiger partial charge in [0, 0.05) is 39.1 Å². The minimum Gasteiger partial charge on any atom is -0.383 e. The molecule has 0 N–H and O–H groups in total. The number of ether oxygens (including phenoxy) is 5. The molecule has 0 fully saturated rings. The van der Waals surface area contributed by atoms with E-state index in [1.165, 1.54) is 12.3 Å². The molecule has 0 saturated carbocycles. The summed E-state index contributed by atoms with van der Waals surface area (Å²) in [6, 6.07) is 0. The average molecular weight is 484 g/mol. The summed E-state index contributed by atoms with van der Waals surface area (Å²) >= 11 is 0. The fourth-order valence-corrected chi connectivity index (χ4v) is 5.15. The van der Waals surface area contributed by atoms with E-state index in [2.05, 4.69) is 60.3 Å². The highest BCUT2D eigenvalue weighted by atomic mass is 31.1. The van der Waals surface area contributed by atoms with Gasteiger partial charge in [-0.25, -0.2) is 0 Å². The smallest absolute Gasteiger partial charge is 0.161 e. The second kappa shape index (κ2) is 20.0. The van der Waals surface area contributed by atoms with Crippen molar-refractivity contribution >= 4 is 17.2 Å². The van der Waals surface area contributed by atoms with Crippen LogP contribution in [0, 0.1) is 0 Å². The van der Waals surface area contributed by atoms with Crippen LogP contribution in [0.25, 0.3) is 0 Å². The minimum atomic E-state index is -0.0916. The van der Waals surface area contributed by atoms with Crippen LogP contribution < -0.4 is 0 Å². The van der Waals surface area contributed by atoms with Crippen molar-refractivity contribution in [2.45, 2.75) is 92.4 Å². The number of rotatable bonds is 21. The summed E-state index contributed by atoms with van der Waals surface area (Å²) in [5.74, 6) is 0. The van der Waals surface area contributed by atoms with Crippen LogP contribution in [0.2, 0.25) is 0 Å². The van der Waals surface area contributed by atoms with Gasteiger partial charge < -0.3 is 28.6 Å². The molecule has 2 atom stereocenters. The summed E-state index contributed by atoms with van der Waals surface area (Å²) in [6.07, 6.45) is 4.85. The zero-order valence-corrected chi connectivity index (χ0v) is 23.6. The maximum atomic E-state index is 5.92. The fourth-order valence-electron chi connectivity index (χ4n) is 2.94. The summed E-state index contributed by atoms with van der Waals surface area (Å²) in [7, 11) is 3.44. The topological polar surface area (TPSA) is 49.4 Å². The normalized spacial score (nSPS) is 13.5. The van der Waals surface area contributed by atoms with Crippen LogP contribution in [0.15, 0.2) is 0 Å². The van der Waals surface area contributed by atoms with Crippen molar-refractivity contribution in [3.8, 4) is 0 Å². The molecule has 0 radical (unpaired) electrons. The van der Waals surface area contributed by atoms with Crippen molar-refractivity contribution in [3.63, 3.8) is 0 Å². The molecule has 0 bridgehead atoms. The van der Waals surface area contributed by atoms with Gasteiger partial charge in [0.05, 0.1) is 31.0 Å². The molecule has 0 saturated heterocycles. The van der Waals surface area contributed by atoms with E-state index in [-0.39, 0.29) is 37.0 Å². The van der Waals surface area contributed by atoms with Crippen molar-refractivity contribution in [2.24, 2.45) is 0 Å². The van der Waals surface area contributed by atoms with Gasteiger partial charge in [-0.05, 0) is 67.7 Å². The van der Waals surface area contributed by atoms with Gasteiger partial charge in [0.25, 0.3) is 0 Å². The van der Waals surface area contributed by atoms with Crippen LogP contribution in [-0.4, -0.2) is 99.9 Å². The van der Waals surface area contributed by atoms with E-state index in [9.17, 15) is 0 Å². The maximum absolute atomic E-state index is 5.92. The Morgan fingerprint density at radius 1 is 0.581 bits per heavy atom. The van der Waals surface area contributed by atoms with Gasteiger partial charge >= 0.3 is 0 Å². The zero-order chi connectivity index (χ0) is 23.6. The first-order chi connectivity index (χ1) is 14.6. The van der Waals surface area contributed by atoms with E-state index in [4.69, 9.17) is 23.7 Å². The molecule has 0 aromatic heterocycles. The lowest BCUT2D eigenvalue weighted by atomic mass is 10.4. The summed E-state index contributed by atoms with van der Waals surface area (Å²) in [5.41, 5.74) is 0. The predicted octanol–water partition coefficient (Wildman–Crippen LogP) is 4.64. The largest absolute Gasteiger partial charge is 0.383 e. The Balaban J connectivity index is 4.31. The molecule has 0 aliphatic carbocycles. The number of hydrogen-bond acceptors (Lipinski definition) is 6. The molecule has 0 heterocycles. The van der Waals surface area contributed by atoms with Gasteiger partial charge in [-0.2, -0.15) is 0 Å². The lowest BCUT2D eigenvalue weighted by Gasteiger charge is -2.25. The highest BCUT2D eigenvalue weighted by Gasteiger charge is 2.15. The van der Waals surface area contributed by atoms with E-state index in [0.29, 0.717) is 0 Å². The first-order valence-corrected chi connectivity index (χ1v) is 14.7. The molecule has 0 aliphatic rings. The van der Waals surface area contributed by atoms with Crippen LogP contribution in [0.4, 0.5) is 0 Å². The monoisotopic (exact) mass is 483 g/mol. The molecular weight excluding hydrogens is 432 g/mol. The number of nitrogens with zero attached hydrogens (tertiary/aromatic N) is 1. The van der Waals surface area contributed by atoms with Crippen LogP contribution >= 0.6 is 17.2 Å². The Labute approximate surface area is 196 Å². The van der Waals surface area contributed by atoms with Gasteiger partial charge in [-0.1, -0.05) is 0 Å². The second-order valence-corrected chi connectivity index (χ2v) is 11.7. The first kappa shape index (κ1) is 31.6. The third-order valence-corrected chi connectivity index (χ3v) is 6.54. The molecule has 188 valence electrons. The van der Waals surface area contributed by atoms with E-state index >= 15 is 0 Å². The standard InChI is InChI=1S/C23H51NO5P2/c1-18(2)26-22(27-19(3)4)16-30-14-11-24(10-13-25-9)12-15-31-17-23(28-20(5)6)29-21(7)8/h18-23,30-31H,10-17H2,1-9H3. The van der Waals surface area contributed by atoms with Gasteiger partial charge in [0.1, 0.15) is 0 Å². The van der Waals surface area contributed by atoms with Crippen molar-refractivity contribution in [2.75, 3.05) is 58.0 Å². The van der Waals surface area contributed by atoms with Crippen LogP contribution in [0.3, 0.4) is 0 Å². The third-order valence-electron chi connectivity index (χ3n) is 4.14. The Hall–Kier alpha value is 0.620. The molecule has 0 amide bonds. The fraction of sp³-hybridized carbons (Fsp3) is 1.00. The average Bonchev–Trinajstić information content (AvgIpc) is 2.63. The molecule has 0 aromatic carbocycles. The van der Waals surface area contributed by atoms with E-state index < -0.39 is 0 Å². The Morgan fingerprint density at radius 3 is 1.23 bits per heavy atom. The number of methoxy groups -OCH3 is 1. The Kier molecular flexibility index (Phi) is 20.4. The molecule has 8 heteroatoms. The molecular formula is C23H51NO5P2. The van der Waals surface area contributed by atoms with Gasteiger partial charge in [0.2, 0.25) is 0 Å². The van der Waals surface area contributed by atoms with Gasteiger partial charge in [-0.3, -0.25) is 0 Å². The Bertz CT molecular complexity index is 348. The molecule has 31 heavy (non-hydrogen) atoms.